The Labute approximate surface area is 99.2 Å². The second kappa shape index (κ2) is 9.37. The number of carbonyl (C=O) groups excluding carboxylic acids is 2. The lowest BCUT2D eigenvalue weighted by molar-refractivity contribution is -0.133. The second-order valence-electron chi connectivity index (χ2n) is 4.29. The van der Waals surface area contributed by atoms with E-state index in [9.17, 15) is 9.59 Å². The van der Waals surface area contributed by atoms with Gasteiger partial charge in [0.25, 0.3) is 0 Å². The van der Waals surface area contributed by atoms with Crippen molar-refractivity contribution in [3.8, 4) is 0 Å². The highest BCUT2D eigenvalue weighted by molar-refractivity contribution is 5.78. The van der Waals surface area contributed by atoms with Crippen molar-refractivity contribution in [3.05, 3.63) is 0 Å². The highest BCUT2D eigenvalue weighted by atomic mass is 16.2. The number of hydrogen-bond donors (Lipinski definition) is 0. The zero-order valence-corrected chi connectivity index (χ0v) is 10.9. The van der Waals surface area contributed by atoms with E-state index in [1.54, 1.807) is 0 Å². The van der Waals surface area contributed by atoms with Crippen LogP contribution in [0.4, 0.5) is 0 Å². The third kappa shape index (κ3) is 5.89. The molecule has 0 aliphatic carbocycles. The molecule has 1 unspecified atom stereocenters. The summed E-state index contributed by atoms with van der Waals surface area (Å²) in [6.45, 7) is 4.31. The molecular weight excluding hydrogens is 202 g/mol. The highest BCUT2D eigenvalue weighted by Crippen LogP contribution is 2.14. The minimum atomic E-state index is 0.0988. The van der Waals surface area contributed by atoms with Crippen molar-refractivity contribution < 1.29 is 9.59 Å². The molecule has 0 rings (SSSR count). The van der Waals surface area contributed by atoms with E-state index in [0.29, 0.717) is 18.9 Å². The van der Waals surface area contributed by atoms with Crippen LogP contribution >= 0.6 is 0 Å². The van der Waals surface area contributed by atoms with Gasteiger partial charge in [0, 0.05) is 25.9 Å². The van der Waals surface area contributed by atoms with E-state index in [-0.39, 0.29) is 5.91 Å². The predicted molar refractivity (Wildman–Crippen MR) is 66.3 cm³/mol. The Hall–Kier alpha value is -0.860. The molecule has 3 heteroatoms. The topological polar surface area (TPSA) is 37.4 Å². The average molecular weight is 227 g/mol. The largest absolute Gasteiger partial charge is 0.343 e. The summed E-state index contributed by atoms with van der Waals surface area (Å²) >= 11 is 0. The predicted octanol–water partition coefficient (Wildman–Crippen LogP) is 2.78. The van der Waals surface area contributed by atoms with E-state index in [1.165, 1.54) is 0 Å². The SMILES string of the molecule is CCCCC(CCC)N(C)C(=O)CCC=O. The Balaban J connectivity index is 4.16. The number of rotatable bonds is 9. The van der Waals surface area contributed by atoms with Gasteiger partial charge in [-0.2, -0.15) is 0 Å². The van der Waals surface area contributed by atoms with Gasteiger partial charge in [0.15, 0.2) is 0 Å². The fraction of sp³-hybridized carbons (Fsp3) is 0.846. The molecule has 0 bridgehead atoms. The van der Waals surface area contributed by atoms with E-state index in [0.717, 1.165) is 38.4 Å². The summed E-state index contributed by atoms with van der Waals surface area (Å²) in [6, 6.07) is 0.351. The fourth-order valence-corrected chi connectivity index (χ4v) is 1.87. The van der Waals surface area contributed by atoms with Crippen LogP contribution in [0.15, 0.2) is 0 Å². The number of unbranched alkanes of at least 4 members (excludes halogenated alkanes) is 1. The van der Waals surface area contributed by atoms with Gasteiger partial charge < -0.3 is 9.69 Å². The fourth-order valence-electron chi connectivity index (χ4n) is 1.87. The Kier molecular flexibility index (Phi) is 8.87. The minimum Gasteiger partial charge on any atom is -0.343 e. The van der Waals surface area contributed by atoms with E-state index < -0.39 is 0 Å². The summed E-state index contributed by atoms with van der Waals surface area (Å²) in [5, 5.41) is 0. The molecule has 0 aromatic heterocycles. The van der Waals surface area contributed by atoms with Crippen molar-refractivity contribution in [2.45, 2.75) is 64.8 Å². The van der Waals surface area contributed by atoms with Crippen LogP contribution < -0.4 is 0 Å². The molecule has 0 aromatic carbocycles. The van der Waals surface area contributed by atoms with Crippen LogP contribution in [-0.4, -0.2) is 30.2 Å². The zero-order valence-electron chi connectivity index (χ0n) is 10.9. The molecule has 3 nitrogen and oxygen atoms in total. The van der Waals surface area contributed by atoms with Gasteiger partial charge in [-0.3, -0.25) is 4.79 Å². The van der Waals surface area contributed by atoms with Crippen molar-refractivity contribution in [3.63, 3.8) is 0 Å². The second-order valence-corrected chi connectivity index (χ2v) is 4.29. The van der Waals surface area contributed by atoms with Crippen molar-refractivity contribution >= 4 is 12.2 Å². The lowest BCUT2D eigenvalue weighted by atomic mass is 10.0. The van der Waals surface area contributed by atoms with E-state index in [1.807, 2.05) is 11.9 Å². The van der Waals surface area contributed by atoms with Crippen LogP contribution in [0.1, 0.15) is 58.8 Å². The van der Waals surface area contributed by atoms with Crippen molar-refractivity contribution in [1.82, 2.24) is 4.90 Å². The van der Waals surface area contributed by atoms with Crippen LogP contribution in [0.25, 0.3) is 0 Å². The van der Waals surface area contributed by atoms with Gasteiger partial charge in [0.1, 0.15) is 6.29 Å². The first-order valence-corrected chi connectivity index (χ1v) is 6.36. The first-order valence-electron chi connectivity index (χ1n) is 6.36. The number of carbonyl (C=O) groups is 2. The van der Waals surface area contributed by atoms with Gasteiger partial charge in [-0.05, 0) is 12.8 Å². The summed E-state index contributed by atoms with van der Waals surface area (Å²) < 4.78 is 0. The molecule has 1 amide bonds. The van der Waals surface area contributed by atoms with E-state index >= 15 is 0 Å². The first kappa shape index (κ1) is 15.1. The molecule has 0 aliphatic rings. The zero-order chi connectivity index (χ0) is 12.4. The summed E-state index contributed by atoms with van der Waals surface area (Å²) in [7, 11) is 1.86. The maximum Gasteiger partial charge on any atom is 0.222 e. The third-order valence-electron chi connectivity index (χ3n) is 2.93. The van der Waals surface area contributed by atoms with Crippen LogP contribution in [0.2, 0.25) is 0 Å². The molecule has 0 aliphatic heterocycles. The quantitative estimate of drug-likeness (QED) is 0.568. The van der Waals surface area contributed by atoms with Crippen molar-refractivity contribution in [2.75, 3.05) is 7.05 Å². The monoisotopic (exact) mass is 227 g/mol. The van der Waals surface area contributed by atoms with Gasteiger partial charge >= 0.3 is 0 Å². The van der Waals surface area contributed by atoms with Gasteiger partial charge in [0.2, 0.25) is 5.91 Å². The molecule has 0 N–H and O–H groups in total. The highest BCUT2D eigenvalue weighted by Gasteiger charge is 2.17. The molecule has 0 saturated heterocycles. The number of nitrogens with zero attached hydrogens (tertiary/aromatic N) is 1. The Bertz CT molecular complexity index is 204. The maximum absolute atomic E-state index is 11.7. The van der Waals surface area contributed by atoms with E-state index in [2.05, 4.69) is 13.8 Å². The van der Waals surface area contributed by atoms with Gasteiger partial charge in [0.05, 0.1) is 0 Å². The van der Waals surface area contributed by atoms with Crippen molar-refractivity contribution in [1.29, 1.82) is 0 Å². The summed E-state index contributed by atoms with van der Waals surface area (Å²) in [4.78, 5) is 23.8. The van der Waals surface area contributed by atoms with Crippen LogP contribution in [0.5, 0.6) is 0 Å². The molecule has 1 atom stereocenters. The summed E-state index contributed by atoms with van der Waals surface area (Å²) in [5.74, 6) is 0.0988. The lowest BCUT2D eigenvalue weighted by Crippen LogP contribution is -2.36. The van der Waals surface area contributed by atoms with E-state index in [4.69, 9.17) is 0 Å². The Morgan fingerprint density at radius 2 is 1.94 bits per heavy atom. The molecule has 0 spiro atoms. The smallest absolute Gasteiger partial charge is 0.222 e. The molecule has 0 fully saturated rings. The summed E-state index contributed by atoms with van der Waals surface area (Å²) in [6.07, 6.45) is 7.07. The molecule has 94 valence electrons. The maximum atomic E-state index is 11.7. The average Bonchev–Trinajstić information content (AvgIpc) is 2.30. The van der Waals surface area contributed by atoms with Crippen LogP contribution in [-0.2, 0) is 9.59 Å². The number of hydrogen-bond acceptors (Lipinski definition) is 2. The molecule has 16 heavy (non-hydrogen) atoms. The molecule has 0 heterocycles. The van der Waals surface area contributed by atoms with Crippen molar-refractivity contribution in [2.24, 2.45) is 0 Å². The molecule has 0 aromatic rings. The standard InChI is InChI=1S/C13H25NO2/c1-4-6-9-12(8-5-2)14(3)13(16)10-7-11-15/h11-12H,4-10H2,1-3H3. The lowest BCUT2D eigenvalue weighted by Gasteiger charge is -2.28. The van der Waals surface area contributed by atoms with Gasteiger partial charge in [-0.1, -0.05) is 33.1 Å². The minimum absolute atomic E-state index is 0.0988. The number of aldehydes is 1. The Morgan fingerprint density at radius 1 is 1.25 bits per heavy atom. The molecule has 0 radical (unpaired) electrons. The number of amides is 1. The Morgan fingerprint density at radius 3 is 2.44 bits per heavy atom. The normalized spacial score (nSPS) is 12.2. The molecule has 0 saturated carbocycles. The van der Waals surface area contributed by atoms with Gasteiger partial charge in [-0.25, -0.2) is 0 Å². The van der Waals surface area contributed by atoms with Crippen LogP contribution in [0.3, 0.4) is 0 Å². The third-order valence-corrected chi connectivity index (χ3v) is 2.93. The first-order chi connectivity index (χ1) is 7.67. The van der Waals surface area contributed by atoms with Gasteiger partial charge in [-0.15, -0.1) is 0 Å². The summed E-state index contributed by atoms with van der Waals surface area (Å²) in [5.41, 5.74) is 0. The molecular formula is C13H25NO2. The van der Waals surface area contributed by atoms with Crippen LogP contribution in [0, 0.1) is 0 Å².